The summed E-state index contributed by atoms with van der Waals surface area (Å²) in [4.78, 5) is 3.32. The van der Waals surface area contributed by atoms with Crippen molar-refractivity contribution in [1.29, 1.82) is 0 Å². The Morgan fingerprint density at radius 1 is 0.533 bits per heavy atom. The molecular weight excluding hydrogens is 380 g/mol. The van der Waals surface area contributed by atoms with Gasteiger partial charge in [-0.15, -0.1) is 0 Å². The molecule has 154 valence electrons. The molecular formula is C24H24N2O4. The van der Waals surface area contributed by atoms with Crippen molar-refractivity contribution in [3.8, 4) is 23.0 Å². The van der Waals surface area contributed by atoms with Gasteiger partial charge in [-0.1, -0.05) is 37.4 Å². The molecule has 1 aliphatic rings. The maximum absolute atomic E-state index is 5.96. The van der Waals surface area contributed by atoms with E-state index >= 15 is 0 Å². The Labute approximate surface area is 175 Å². The fraction of sp³-hybridized carbons (Fsp3) is 0.167. The molecule has 0 aliphatic carbocycles. The van der Waals surface area contributed by atoms with Gasteiger partial charge in [-0.05, 0) is 36.4 Å². The zero-order chi connectivity index (χ0) is 20.8. The molecule has 6 heteroatoms. The number of H-pyrrole nitrogens is 1. The molecule has 2 aromatic carbocycles. The lowest BCUT2D eigenvalue weighted by Gasteiger charge is -2.17. The normalized spacial score (nSPS) is 14.9. The van der Waals surface area contributed by atoms with Crippen LogP contribution in [0.5, 0.6) is 23.0 Å². The van der Waals surface area contributed by atoms with Crippen LogP contribution in [-0.2, 0) is 13.2 Å². The Bertz CT molecular complexity index is 961. The quantitative estimate of drug-likeness (QED) is 0.575. The number of aromatic amines is 1. The standard InChI is InChI=1S/C24H24N2O4/c1-17-13-27-21-7-3-5-9-23(21)29-15-19-11-12-20(26-19)16-30-24-10-6-4-8-22(24)28-14-18(2)25-17/h3-12,25-26H,1-2,13-16H2. The zero-order valence-electron chi connectivity index (χ0n) is 16.6. The monoisotopic (exact) mass is 404 g/mol. The number of para-hydroxylation sites is 4. The number of nitrogens with one attached hydrogen (secondary N) is 2. The average Bonchev–Trinajstić information content (AvgIpc) is 3.22. The number of aromatic nitrogens is 1. The molecule has 0 saturated heterocycles. The number of hydrogen-bond acceptors (Lipinski definition) is 5. The molecule has 0 saturated carbocycles. The summed E-state index contributed by atoms with van der Waals surface area (Å²) in [7, 11) is 0. The van der Waals surface area contributed by atoms with E-state index in [1.54, 1.807) is 0 Å². The SMILES string of the molecule is C=C1COc2ccccc2OCc2ccc([nH]2)COc2ccccc2OCC(=C)N1. The Balaban J connectivity index is 1.56. The molecule has 1 aliphatic heterocycles. The molecule has 4 rings (SSSR count). The summed E-state index contributed by atoms with van der Waals surface area (Å²) in [6.07, 6.45) is 0. The number of ether oxygens (including phenoxy) is 4. The van der Waals surface area contributed by atoms with Gasteiger partial charge in [0.25, 0.3) is 0 Å². The fourth-order valence-electron chi connectivity index (χ4n) is 3.00. The number of fused-ring (bicyclic) bond motifs is 4. The number of rotatable bonds is 0. The van der Waals surface area contributed by atoms with Crippen molar-refractivity contribution in [2.24, 2.45) is 0 Å². The van der Waals surface area contributed by atoms with Gasteiger partial charge in [0, 0.05) is 11.4 Å². The summed E-state index contributed by atoms with van der Waals surface area (Å²) in [5.41, 5.74) is 3.21. The molecule has 0 atom stereocenters. The van der Waals surface area contributed by atoms with Gasteiger partial charge in [-0.2, -0.15) is 0 Å². The average molecular weight is 404 g/mol. The molecule has 3 aromatic rings. The second-order valence-corrected chi connectivity index (χ2v) is 6.89. The minimum Gasteiger partial charge on any atom is -0.484 e. The summed E-state index contributed by atoms with van der Waals surface area (Å²) in [5, 5.41) is 3.12. The van der Waals surface area contributed by atoms with E-state index in [0.29, 0.717) is 47.6 Å². The van der Waals surface area contributed by atoms with Gasteiger partial charge in [0.05, 0.1) is 11.4 Å². The summed E-state index contributed by atoms with van der Waals surface area (Å²) in [6.45, 7) is 9.31. The van der Waals surface area contributed by atoms with Crippen LogP contribution in [0.25, 0.3) is 0 Å². The van der Waals surface area contributed by atoms with Crippen LogP contribution in [0.15, 0.2) is 85.2 Å². The van der Waals surface area contributed by atoms with E-state index in [9.17, 15) is 0 Å². The summed E-state index contributed by atoms with van der Waals surface area (Å²) in [5.74, 6) is 2.62. The third-order valence-corrected chi connectivity index (χ3v) is 4.43. The summed E-state index contributed by atoms with van der Waals surface area (Å²) >= 11 is 0. The van der Waals surface area contributed by atoms with Crippen molar-refractivity contribution in [3.05, 3.63) is 96.6 Å². The molecule has 0 amide bonds. The lowest BCUT2D eigenvalue weighted by atomic mass is 10.3. The second-order valence-electron chi connectivity index (χ2n) is 6.89. The van der Waals surface area contributed by atoms with Crippen molar-refractivity contribution in [2.75, 3.05) is 13.2 Å². The van der Waals surface area contributed by atoms with Crippen LogP contribution in [0.1, 0.15) is 11.4 Å². The van der Waals surface area contributed by atoms with Gasteiger partial charge in [0.15, 0.2) is 23.0 Å². The maximum atomic E-state index is 5.96. The van der Waals surface area contributed by atoms with Crippen LogP contribution < -0.4 is 24.3 Å². The van der Waals surface area contributed by atoms with Gasteiger partial charge in [-0.25, -0.2) is 0 Å². The fourth-order valence-corrected chi connectivity index (χ4v) is 3.00. The molecule has 0 unspecified atom stereocenters. The van der Waals surface area contributed by atoms with Crippen molar-refractivity contribution >= 4 is 0 Å². The second kappa shape index (κ2) is 9.13. The van der Waals surface area contributed by atoms with Crippen LogP contribution >= 0.6 is 0 Å². The molecule has 1 aromatic heterocycles. The molecule has 30 heavy (non-hydrogen) atoms. The molecule has 0 spiro atoms. The third-order valence-electron chi connectivity index (χ3n) is 4.43. The van der Waals surface area contributed by atoms with Crippen molar-refractivity contribution in [1.82, 2.24) is 10.3 Å². The molecule has 0 radical (unpaired) electrons. The van der Waals surface area contributed by atoms with E-state index in [4.69, 9.17) is 18.9 Å². The first kappa shape index (κ1) is 19.5. The zero-order valence-corrected chi connectivity index (χ0v) is 16.6. The first-order valence-corrected chi connectivity index (χ1v) is 9.66. The topological polar surface area (TPSA) is 64.7 Å². The Hall–Kier alpha value is -3.80. The minimum atomic E-state index is 0.270. The van der Waals surface area contributed by atoms with Gasteiger partial charge in [0.1, 0.15) is 26.4 Å². The third kappa shape index (κ3) is 4.97. The van der Waals surface area contributed by atoms with Crippen LogP contribution in [0.2, 0.25) is 0 Å². The van der Waals surface area contributed by atoms with E-state index in [0.717, 1.165) is 11.4 Å². The first-order chi connectivity index (χ1) is 14.7. The van der Waals surface area contributed by atoms with Crippen LogP contribution in [0.4, 0.5) is 0 Å². The first-order valence-electron chi connectivity index (χ1n) is 9.66. The lowest BCUT2D eigenvalue weighted by Crippen LogP contribution is -2.21. The van der Waals surface area contributed by atoms with Crippen molar-refractivity contribution in [2.45, 2.75) is 13.2 Å². The minimum absolute atomic E-state index is 0.270. The Kier molecular flexibility index (Phi) is 5.94. The van der Waals surface area contributed by atoms with E-state index in [1.807, 2.05) is 60.7 Å². The smallest absolute Gasteiger partial charge is 0.161 e. The van der Waals surface area contributed by atoms with E-state index in [1.165, 1.54) is 0 Å². The van der Waals surface area contributed by atoms with E-state index < -0.39 is 0 Å². The highest BCUT2D eigenvalue weighted by Gasteiger charge is 2.10. The summed E-state index contributed by atoms with van der Waals surface area (Å²) < 4.78 is 23.7. The van der Waals surface area contributed by atoms with Gasteiger partial charge in [-0.3, -0.25) is 0 Å². The van der Waals surface area contributed by atoms with Crippen LogP contribution in [0, 0.1) is 0 Å². The highest BCUT2D eigenvalue weighted by molar-refractivity contribution is 5.41. The van der Waals surface area contributed by atoms with E-state index in [2.05, 4.69) is 23.5 Å². The Morgan fingerprint density at radius 3 is 1.30 bits per heavy atom. The van der Waals surface area contributed by atoms with Crippen molar-refractivity contribution in [3.63, 3.8) is 0 Å². The highest BCUT2D eigenvalue weighted by atomic mass is 16.5. The molecule has 2 heterocycles. The number of benzene rings is 2. The van der Waals surface area contributed by atoms with Gasteiger partial charge >= 0.3 is 0 Å². The van der Waals surface area contributed by atoms with Crippen LogP contribution in [-0.4, -0.2) is 18.2 Å². The highest BCUT2D eigenvalue weighted by Crippen LogP contribution is 2.29. The Morgan fingerprint density at radius 2 is 0.900 bits per heavy atom. The largest absolute Gasteiger partial charge is 0.484 e. The molecule has 2 N–H and O–H groups in total. The predicted octanol–water partition coefficient (Wildman–Crippen LogP) is 4.56. The van der Waals surface area contributed by atoms with Crippen molar-refractivity contribution < 1.29 is 18.9 Å². The molecule has 6 nitrogen and oxygen atoms in total. The molecule has 0 fully saturated rings. The van der Waals surface area contributed by atoms with E-state index in [-0.39, 0.29) is 13.2 Å². The molecule has 2 bridgehead atoms. The lowest BCUT2D eigenvalue weighted by molar-refractivity contribution is 0.259. The number of hydrogen-bond donors (Lipinski definition) is 2. The van der Waals surface area contributed by atoms with Gasteiger partial charge < -0.3 is 29.2 Å². The maximum Gasteiger partial charge on any atom is 0.161 e. The summed E-state index contributed by atoms with van der Waals surface area (Å²) in [6, 6.07) is 19.1. The van der Waals surface area contributed by atoms with Crippen LogP contribution in [0.3, 0.4) is 0 Å². The predicted molar refractivity (Wildman–Crippen MR) is 115 cm³/mol. The van der Waals surface area contributed by atoms with Gasteiger partial charge in [0.2, 0.25) is 0 Å².